The second-order valence-electron chi connectivity index (χ2n) is 8.68. The highest BCUT2D eigenvalue weighted by molar-refractivity contribution is 9.10. The SMILES string of the molecule is COCCNC1CCC(CCN2CCC(Cc3cc(Cl)ccc3Br)CC2)CC1. The lowest BCUT2D eigenvalue weighted by Gasteiger charge is -2.34. The minimum absolute atomic E-state index is 0.716. The van der Waals surface area contributed by atoms with Gasteiger partial charge in [0.15, 0.2) is 0 Å². The lowest BCUT2D eigenvalue weighted by Crippen LogP contribution is -2.37. The summed E-state index contributed by atoms with van der Waals surface area (Å²) in [5, 5.41) is 4.48. The number of rotatable bonds is 9. The summed E-state index contributed by atoms with van der Waals surface area (Å²) in [6, 6.07) is 6.88. The summed E-state index contributed by atoms with van der Waals surface area (Å²) in [6.07, 6.45) is 10.6. The minimum atomic E-state index is 0.716. The molecule has 1 heterocycles. The second kappa shape index (κ2) is 11.9. The van der Waals surface area contributed by atoms with Crippen molar-refractivity contribution in [3.63, 3.8) is 0 Å². The highest BCUT2D eigenvalue weighted by Gasteiger charge is 2.23. The minimum Gasteiger partial charge on any atom is -0.383 e. The van der Waals surface area contributed by atoms with Gasteiger partial charge in [0, 0.05) is 29.2 Å². The monoisotopic (exact) mass is 470 g/mol. The van der Waals surface area contributed by atoms with E-state index in [4.69, 9.17) is 16.3 Å². The van der Waals surface area contributed by atoms with Crippen molar-refractivity contribution in [2.24, 2.45) is 11.8 Å². The average molecular weight is 472 g/mol. The van der Waals surface area contributed by atoms with Crippen molar-refractivity contribution in [3.05, 3.63) is 33.3 Å². The number of likely N-dealkylation sites (tertiary alicyclic amines) is 1. The van der Waals surface area contributed by atoms with Gasteiger partial charge in [-0.3, -0.25) is 0 Å². The summed E-state index contributed by atoms with van der Waals surface area (Å²) < 4.78 is 6.34. The van der Waals surface area contributed by atoms with Crippen LogP contribution in [0.2, 0.25) is 5.02 Å². The first-order chi connectivity index (χ1) is 13.6. The molecule has 0 radical (unpaired) electrons. The largest absolute Gasteiger partial charge is 0.383 e. The van der Waals surface area contributed by atoms with Crippen LogP contribution >= 0.6 is 27.5 Å². The number of piperidine rings is 1. The van der Waals surface area contributed by atoms with E-state index in [2.05, 4.69) is 38.3 Å². The summed E-state index contributed by atoms with van der Waals surface area (Å²) in [4.78, 5) is 2.70. The first-order valence-corrected chi connectivity index (χ1v) is 12.2. The Balaban J connectivity index is 1.30. The Kier molecular flexibility index (Phi) is 9.59. The lowest BCUT2D eigenvalue weighted by atomic mass is 9.83. The van der Waals surface area contributed by atoms with Gasteiger partial charge in [-0.2, -0.15) is 0 Å². The molecule has 0 aromatic heterocycles. The molecule has 1 saturated carbocycles. The van der Waals surface area contributed by atoms with E-state index < -0.39 is 0 Å². The fraction of sp³-hybridized carbons (Fsp3) is 0.739. The van der Waals surface area contributed by atoms with E-state index in [-0.39, 0.29) is 0 Å². The molecule has 1 N–H and O–H groups in total. The van der Waals surface area contributed by atoms with Gasteiger partial charge in [0.25, 0.3) is 0 Å². The van der Waals surface area contributed by atoms with Crippen LogP contribution in [0.15, 0.2) is 22.7 Å². The van der Waals surface area contributed by atoms with E-state index in [0.717, 1.165) is 36.4 Å². The molecule has 2 aliphatic rings. The van der Waals surface area contributed by atoms with Gasteiger partial charge in [0.2, 0.25) is 0 Å². The molecule has 1 saturated heterocycles. The molecule has 1 aromatic carbocycles. The third-order valence-corrected chi connectivity index (χ3v) is 7.67. The first kappa shape index (κ1) is 22.6. The molecule has 2 fully saturated rings. The Labute approximate surface area is 184 Å². The van der Waals surface area contributed by atoms with Crippen molar-refractivity contribution in [1.29, 1.82) is 0 Å². The summed E-state index contributed by atoms with van der Waals surface area (Å²) in [5.41, 5.74) is 1.36. The molecule has 0 amide bonds. The number of hydrogen-bond acceptors (Lipinski definition) is 3. The third-order valence-electron chi connectivity index (χ3n) is 6.66. The fourth-order valence-electron chi connectivity index (χ4n) is 4.81. The van der Waals surface area contributed by atoms with Crippen LogP contribution in [0.3, 0.4) is 0 Å². The Morgan fingerprint density at radius 1 is 1.11 bits per heavy atom. The van der Waals surface area contributed by atoms with Crippen LogP contribution in [0, 0.1) is 11.8 Å². The zero-order valence-electron chi connectivity index (χ0n) is 17.3. The van der Waals surface area contributed by atoms with Crippen LogP contribution in [0.1, 0.15) is 50.5 Å². The molecule has 1 aliphatic carbocycles. The van der Waals surface area contributed by atoms with Crippen molar-refractivity contribution in [2.75, 3.05) is 39.9 Å². The van der Waals surface area contributed by atoms with E-state index in [0.29, 0.717) is 6.04 Å². The van der Waals surface area contributed by atoms with Gasteiger partial charge in [-0.05, 0) is 107 Å². The molecule has 0 unspecified atom stereocenters. The quantitative estimate of drug-likeness (QED) is 0.478. The number of nitrogens with one attached hydrogen (secondary N) is 1. The molecular weight excluding hydrogens is 436 g/mol. The highest BCUT2D eigenvalue weighted by Crippen LogP contribution is 2.30. The topological polar surface area (TPSA) is 24.5 Å². The molecular formula is C23H36BrClN2O. The van der Waals surface area contributed by atoms with Gasteiger partial charge in [0.05, 0.1) is 6.61 Å². The van der Waals surface area contributed by atoms with Gasteiger partial charge < -0.3 is 15.0 Å². The van der Waals surface area contributed by atoms with E-state index in [9.17, 15) is 0 Å². The zero-order chi connectivity index (χ0) is 19.8. The van der Waals surface area contributed by atoms with Gasteiger partial charge in [0.1, 0.15) is 0 Å². The Morgan fingerprint density at radius 3 is 2.57 bits per heavy atom. The average Bonchev–Trinajstić information content (AvgIpc) is 2.71. The molecule has 1 aliphatic heterocycles. The van der Waals surface area contributed by atoms with Crippen LogP contribution < -0.4 is 5.32 Å². The number of nitrogens with zero attached hydrogens (tertiary/aromatic N) is 1. The molecule has 0 bridgehead atoms. The lowest BCUT2D eigenvalue weighted by molar-refractivity contribution is 0.160. The van der Waals surface area contributed by atoms with Crippen molar-refractivity contribution in [2.45, 2.75) is 57.4 Å². The molecule has 3 nitrogen and oxygen atoms in total. The summed E-state index contributed by atoms with van der Waals surface area (Å²) >= 11 is 9.85. The number of methoxy groups -OCH3 is 1. The van der Waals surface area contributed by atoms with Crippen molar-refractivity contribution in [1.82, 2.24) is 10.2 Å². The van der Waals surface area contributed by atoms with E-state index in [1.54, 1.807) is 7.11 Å². The number of benzene rings is 1. The molecule has 1 aromatic rings. The smallest absolute Gasteiger partial charge is 0.0587 e. The van der Waals surface area contributed by atoms with Crippen LogP contribution in [-0.4, -0.2) is 50.8 Å². The Bertz CT molecular complexity index is 584. The Morgan fingerprint density at radius 2 is 1.86 bits per heavy atom. The molecule has 0 atom stereocenters. The maximum Gasteiger partial charge on any atom is 0.0587 e. The highest BCUT2D eigenvalue weighted by atomic mass is 79.9. The summed E-state index contributed by atoms with van der Waals surface area (Å²) in [6.45, 7) is 5.63. The van der Waals surface area contributed by atoms with Crippen molar-refractivity contribution >= 4 is 27.5 Å². The second-order valence-corrected chi connectivity index (χ2v) is 9.97. The van der Waals surface area contributed by atoms with Gasteiger partial charge in [-0.25, -0.2) is 0 Å². The first-order valence-electron chi connectivity index (χ1n) is 11.0. The normalized spacial score (nSPS) is 24.5. The zero-order valence-corrected chi connectivity index (χ0v) is 19.6. The third kappa shape index (κ3) is 7.28. The maximum atomic E-state index is 6.17. The summed E-state index contributed by atoms with van der Waals surface area (Å²) in [7, 11) is 1.78. The van der Waals surface area contributed by atoms with Gasteiger partial charge in [-0.15, -0.1) is 0 Å². The fourth-order valence-corrected chi connectivity index (χ4v) is 5.41. The molecule has 158 valence electrons. The molecule has 5 heteroatoms. The number of ether oxygens (including phenoxy) is 1. The molecule has 3 rings (SSSR count). The predicted octanol–water partition coefficient (Wildman–Crippen LogP) is 5.54. The van der Waals surface area contributed by atoms with Crippen molar-refractivity contribution in [3.8, 4) is 0 Å². The Hall–Kier alpha value is -0.130. The van der Waals surface area contributed by atoms with Gasteiger partial charge >= 0.3 is 0 Å². The van der Waals surface area contributed by atoms with Crippen LogP contribution in [-0.2, 0) is 11.2 Å². The molecule has 0 spiro atoms. The van der Waals surface area contributed by atoms with E-state index in [1.807, 2.05) is 6.07 Å². The summed E-state index contributed by atoms with van der Waals surface area (Å²) in [5.74, 6) is 1.72. The number of hydrogen-bond donors (Lipinski definition) is 1. The molecule has 28 heavy (non-hydrogen) atoms. The van der Waals surface area contributed by atoms with E-state index in [1.165, 1.54) is 74.6 Å². The van der Waals surface area contributed by atoms with Crippen LogP contribution in [0.5, 0.6) is 0 Å². The number of halogens is 2. The standard InChI is InChI=1S/C23H36BrClN2O/c1-28-15-11-26-22-5-2-18(3-6-22)8-12-27-13-9-19(10-14-27)16-20-17-21(25)4-7-23(20)24/h4,7,17-19,22,26H,2-3,5-6,8-16H2,1H3. The van der Waals surface area contributed by atoms with Crippen LogP contribution in [0.25, 0.3) is 0 Å². The van der Waals surface area contributed by atoms with E-state index >= 15 is 0 Å². The predicted molar refractivity (Wildman–Crippen MR) is 122 cm³/mol. The van der Waals surface area contributed by atoms with Gasteiger partial charge in [-0.1, -0.05) is 27.5 Å². The van der Waals surface area contributed by atoms with Crippen molar-refractivity contribution < 1.29 is 4.74 Å². The maximum absolute atomic E-state index is 6.17. The van der Waals surface area contributed by atoms with Crippen LogP contribution in [0.4, 0.5) is 0 Å².